The minimum Gasteiger partial charge on any atom is -0.325 e. The Balaban J connectivity index is 1.98. The van der Waals surface area contributed by atoms with Crippen LogP contribution in [0.1, 0.15) is 17.2 Å². The third-order valence-electron chi connectivity index (χ3n) is 3.02. The van der Waals surface area contributed by atoms with Gasteiger partial charge in [0.1, 0.15) is 0 Å². The SMILES string of the molecule is O=C1CC(c2cccc(Br)c2)Sc2ccccc2N1. The first kappa shape index (κ1) is 12.8. The van der Waals surface area contributed by atoms with E-state index >= 15 is 0 Å². The van der Waals surface area contributed by atoms with Gasteiger partial charge in [-0.05, 0) is 29.8 Å². The van der Waals surface area contributed by atoms with Crippen molar-refractivity contribution >= 4 is 39.3 Å². The molecule has 0 spiro atoms. The van der Waals surface area contributed by atoms with Gasteiger partial charge in [-0.1, -0.05) is 40.2 Å². The van der Waals surface area contributed by atoms with E-state index in [9.17, 15) is 4.79 Å². The van der Waals surface area contributed by atoms with E-state index in [1.54, 1.807) is 11.8 Å². The van der Waals surface area contributed by atoms with Crippen LogP contribution < -0.4 is 5.32 Å². The molecule has 4 heteroatoms. The number of nitrogens with one attached hydrogen (secondary N) is 1. The molecule has 0 aromatic heterocycles. The van der Waals surface area contributed by atoms with E-state index in [1.165, 1.54) is 5.56 Å². The molecular weight excluding hydrogens is 322 g/mol. The number of thioether (sulfide) groups is 1. The van der Waals surface area contributed by atoms with Crippen LogP contribution in [0.15, 0.2) is 57.9 Å². The molecule has 0 saturated heterocycles. The summed E-state index contributed by atoms with van der Waals surface area (Å²) in [7, 11) is 0. The van der Waals surface area contributed by atoms with Crippen molar-refractivity contribution in [1.29, 1.82) is 0 Å². The molecule has 0 radical (unpaired) electrons. The number of halogens is 1. The second-order valence-corrected chi connectivity index (χ2v) is 6.57. The molecular formula is C15H12BrNOS. The highest BCUT2D eigenvalue weighted by Gasteiger charge is 2.23. The van der Waals surface area contributed by atoms with E-state index in [2.05, 4.69) is 39.4 Å². The minimum atomic E-state index is 0.0717. The molecule has 1 aliphatic heterocycles. The zero-order chi connectivity index (χ0) is 13.2. The predicted molar refractivity (Wildman–Crippen MR) is 82.4 cm³/mol. The highest BCUT2D eigenvalue weighted by Crippen LogP contribution is 2.43. The van der Waals surface area contributed by atoms with Crippen LogP contribution in [0.2, 0.25) is 0 Å². The Morgan fingerprint density at radius 2 is 2.00 bits per heavy atom. The monoisotopic (exact) mass is 333 g/mol. The van der Waals surface area contributed by atoms with E-state index in [0.29, 0.717) is 6.42 Å². The fraction of sp³-hybridized carbons (Fsp3) is 0.133. The minimum absolute atomic E-state index is 0.0717. The largest absolute Gasteiger partial charge is 0.325 e. The number of carbonyl (C=O) groups is 1. The summed E-state index contributed by atoms with van der Waals surface area (Å²) in [5.41, 5.74) is 2.08. The van der Waals surface area contributed by atoms with Crippen LogP contribution in [0, 0.1) is 0 Å². The Hall–Kier alpha value is -1.26. The van der Waals surface area contributed by atoms with Crippen molar-refractivity contribution in [2.24, 2.45) is 0 Å². The van der Waals surface area contributed by atoms with E-state index < -0.39 is 0 Å². The van der Waals surface area contributed by atoms with E-state index in [-0.39, 0.29) is 11.2 Å². The molecule has 96 valence electrons. The first-order valence-corrected chi connectivity index (χ1v) is 7.70. The fourth-order valence-corrected chi connectivity index (χ4v) is 3.77. The zero-order valence-electron chi connectivity index (χ0n) is 10.1. The average molecular weight is 334 g/mol. The van der Waals surface area contributed by atoms with Crippen LogP contribution in [0.25, 0.3) is 0 Å². The van der Waals surface area contributed by atoms with Gasteiger partial charge in [-0.3, -0.25) is 4.79 Å². The molecule has 2 nitrogen and oxygen atoms in total. The molecule has 0 aliphatic carbocycles. The third kappa shape index (κ3) is 2.85. The summed E-state index contributed by atoms with van der Waals surface area (Å²) in [5.74, 6) is 0.0717. The quantitative estimate of drug-likeness (QED) is 0.824. The molecule has 1 atom stereocenters. The number of amides is 1. The Morgan fingerprint density at radius 1 is 1.16 bits per heavy atom. The standard InChI is InChI=1S/C15H12BrNOS/c16-11-5-3-4-10(8-11)14-9-15(18)17-12-6-1-2-7-13(12)19-14/h1-8,14H,9H2,(H,17,18). The van der Waals surface area contributed by atoms with E-state index in [0.717, 1.165) is 15.1 Å². The van der Waals surface area contributed by atoms with Crippen LogP contribution >= 0.6 is 27.7 Å². The van der Waals surface area contributed by atoms with Crippen LogP contribution in [-0.2, 0) is 4.79 Å². The van der Waals surface area contributed by atoms with Crippen LogP contribution in [0.5, 0.6) is 0 Å². The number of carbonyl (C=O) groups excluding carboxylic acids is 1. The number of rotatable bonds is 1. The number of fused-ring (bicyclic) bond motifs is 1. The average Bonchev–Trinajstić information content (AvgIpc) is 2.56. The summed E-state index contributed by atoms with van der Waals surface area (Å²) < 4.78 is 1.04. The van der Waals surface area contributed by atoms with Crippen molar-refractivity contribution in [2.45, 2.75) is 16.6 Å². The van der Waals surface area contributed by atoms with Gasteiger partial charge in [-0.25, -0.2) is 0 Å². The highest BCUT2D eigenvalue weighted by atomic mass is 79.9. The van der Waals surface area contributed by atoms with Crippen molar-refractivity contribution in [3.63, 3.8) is 0 Å². The molecule has 1 aliphatic rings. The Morgan fingerprint density at radius 3 is 2.84 bits per heavy atom. The van der Waals surface area contributed by atoms with E-state index in [4.69, 9.17) is 0 Å². The van der Waals surface area contributed by atoms with Crippen molar-refractivity contribution < 1.29 is 4.79 Å². The summed E-state index contributed by atoms with van der Waals surface area (Å²) in [4.78, 5) is 13.1. The maximum atomic E-state index is 12.0. The normalized spacial score (nSPS) is 18.4. The van der Waals surface area contributed by atoms with Gasteiger partial charge in [0, 0.05) is 21.0 Å². The maximum Gasteiger partial charge on any atom is 0.225 e. The lowest BCUT2D eigenvalue weighted by atomic mass is 10.1. The maximum absolute atomic E-state index is 12.0. The lowest BCUT2D eigenvalue weighted by molar-refractivity contribution is -0.116. The lowest BCUT2D eigenvalue weighted by Gasteiger charge is -2.13. The van der Waals surface area contributed by atoms with Crippen molar-refractivity contribution in [1.82, 2.24) is 0 Å². The molecule has 2 aromatic rings. The molecule has 0 bridgehead atoms. The van der Waals surface area contributed by atoms with Crippen LogP contribution in [-0.4, -0.2) is 5.91 Å². The molecule has 1 amide bonds. The first-order chi connectivity index (χ1) is 9.22. The highest BCUT2D eigenvalue weighted by molar-refractivity contribution is 9.10. The molecule has 2 aromatic carbocycles. The van der Waals surface area contributed by atoms with Crippen LogP contribution in [0.4, 0.5) is 5.69 Å². The van der Waals surface area contributed by atoms with Gasteiger partial charge in [0.15, 0.2) is 0 Å². The molecule has 0 fully saturated rings. The van der Waals surface area contributed by atoms with Gasteiger partial charge in [-0.2, -0.15) is 0 Å². The number of hydrogen-bond donors (Lipinski definition) is 1. The Labute approximate surface area is 124 Å². The molecule has 19 heavy (non-hydrogen) atoms. The number of hydrogen-bond acceptors (Lipinski definition) is 2. The van der Waals surface area contributed by atoms with Gasteiger partial charge in [0.25, 0.3) is 0 Å². The smallest absolute Gasteiger partial charge is 0.225 e. The first-order valence-electron chi connectivity index (χ1n) is 6.03. The number of anilines is 1. The topological polar surface area (TPSA) is 29.1 Å². The Bertz CT molecular complexity index is 629. The zero-order valence-corrected chi connectivity index (χ0v) is 12.5. The van der Waals surface area contributed by atoms with E-state index in [1.807, 2.05) is 30.3 Å². The second kappa shape index (κ2) is 5.39. The molecule has 0 saturated carbocycles. The predicted octanol–water partition coefficient (Wildman–Crippen LogP) is 4.62. The van der Waals surface area contributed by atoms with Gasteiger partial charge in [0.05, 0.1) is 5.69 Å². The second-order valence-electron chi connectivity index (χ2n) is 4.41. The lowest BCUT2D eigenvalue weighted by Crippen LogP contribution is -2.11. The van der Waals surface area contributed by atoms with Crippen molar-refractivity contribution in [2.75, 3.05) is 5.32 Å². The van der Waals surface area contributed by atoms with Gasteiger partial charge < -0.3 is 5.32 Å². The summed E-state index contributed by atoms with van der Waals surface area (Å²) in [5, 5.41) is 3.12. The van der Waals surface area contributed by atoms with Gasteiger partial charge in [-0.15, -0.1) is 11.8 Å². The summed E-state index contributed by atoms with van der Waals surface area (Å²) in [6.07, 6.45) is 0.496. The summed E-state index contributed by atoms with van der Waals surface area (Å²) in [6.45, 7) is 0. The molecule has 3 rings (SSSR count). The molecule has 1 N–H and O–H groups in total. The van der Waals surface area contributed by atoms with Crippen molar-refractivity contribution in [3.8, 4) is 0 Å². The van der Waals surface area contributed by atoms with Crippen molar-refractivity contribution in [3.05, 3.63) is 58.6 Å². The number of benzene rings is 2. The van der Waals surface area contributed by atoms with Gasteiger partial charge >= 0.3 is 0 Å². The Kier molecular flexibility index (Phi) is 3.62. The molecule has 1 unspecified atom stereocenters. The van der Waals surface area contributed by atoms with Gasteiger partial charge in [0.2, 0.25) is 5.91 Å². The number of para-hydroxylation sites is 1. The van der Waals surface area contributed by atoms with Crippen LogP contribution in [0.3, 0.4) is 0 Å². The summed E-state index contributed by atoms with van der Waals surface area (Å²) >= 11 is 5.22. The molecule has 1 heterocycles. The fourth-order valence-electron chi connectivity index (χ4n) is 2.13. The third-order valence-corrected chi connectivity index (χ3v) is 4.85. The summed E-state index contributed by atoms with van der Waals surface area (Å²) in [6, 6.07) is 16.1.